The van der Waals surface area contributed by atoms with E-state index in [4.69, 9.17) is 0 Å². The van der Waals surface area contributed by atoms with Crippen LogP contribution in [0, 0.1) is 6.92 Å². The van der Waals surface area contributed by atoms with Crippen molar-refractivity contribution in [3.63, 3.8) is 0 Å². The van der Waals surface area contributed by atoms with Crippen LogP contribution in [0.4, 0.5) is 0 Å². The average Bonchev–Trinajstić information content (AvgIpc) is 2.51. The van der Waals surface area contributed by atoms with Gasteiger partial charge >= 0.3 is 0 Å². The van der Waals surface area contributed by atoms with Gasteiger partial charge in [-0.25, -0.2) is 4.68 Å². The van der Waals surface area contributed by atoms with Crippen LogP contribution in [0.1, 0.15) is 17.2 Å². The number of aliphatic hydroxyl groups is 1. The molecule has 106 valence electrons. The topological polar surface area (TPSA) is 68.0 Å². The van der Waals surface area contributed by atoms with Gasteiger partial charge < -0.3 is 5.11 Å². The third-order valence-electron chi connectivity index (χ3n) is 3.44. The maximum Gasteiger partial charge on any atom is 0.277 e. The molecule has 0 bridgehead atoms. The molecule has 3 aromatic rings. The first kappa shape index (κ1) is 13.5. The highest BCUT2D eigenvalue weighted by Crippen LogP contribution is 2.15. The molecule has 1 atom stereocenters. The molecule has 1 unspecified atom stereocenters. The lowest BCUT2D eigenvalue weighted by atomic mass is 10.1. The molecule has 0 aliphatic carbocycles. The minimum Gasteiger partial charge on any atom is -0.386 e. The summed E-state index contributed by atoms with van der Waals surface area (Å²) < 4.78 is 1.20. The number of nitrogens with zero attached hydrogens (tertiary/aromatic N) is 3. The fourth-order valence-corrected chi connectivity index (χ4v) is 2.20. The molecule has 0 saturated carbocycles. The first-order chi connectivity index (χ1) is 10.1. The second kappa shape index (κ2) is 5.46. The van der Waals surface area contributed by atoms with E-state index in [9.17, 15) is 9.90 Å². The number of aryl methyl sites for hydroxylation is 1. The van der Waals surface area contributed by atoms with Gasteiger partial charge in [-0.1, -0.05) is 47.2 Å². The van der Waals surface area contributed by atoms with Crippen molar-refractivity contribution in [3.05, 3.63) is 70.0 Å². The van der Waals surface area contributed by atoms with E-state index in [0.717, 1.165) is 11.1 Å². The fourth-order valence-electron chi connectivity index (χ4n) is 2.20. The zero-order chi connectivity index (χ0) is 14.8. The van der Waals surface area contributed by atoms with Gasteiger partial charge in [-0.05, 0) is 24.6 Å². The Morgan fingerprint density at radius 2 is 1.86 bits per heavy atom. The molecule has 0 amide bonds. The van der Waals surface area contributed by atoms with Gasteiger partial charge in [0.15, 0.2) is 0 Å². The average molecular weight is 281 g/mol. The molecule has 0 spiro atoms. The van der Waals surface area contributed by atoms with Gasteiger partial charge in [0, 0.05) is 0 Å². The molecule has 0 aliphatic heterocycles. The summed E-state index contributed by atoms with van der Waals surface area (Å²) in [4.78, 5) is 12.3. The van der Waals surface area contributed by atoms with Crippen LogP contribution in [0.5, 0.6) is 0 Å². The van der Waals surface area contributed by atoms with Crippen LogP contribution < -0.4 is 5.56 Å². The normalized spacial score (nSPS) is 12.5. The van der Waals surface area contributed by atoms with E-state index in [1.807, 2.05) is 37.3 Å². The fraction of sp³-hybridized carbons (Fsp3) is 0.188. The van der Waals surface area contributed by atoms with Gasteiger partial charge in [0.05, 0.1) is 18.0 Å². The van der Waals surface area contributed by atoms with Crippen molar-refractivity contribution in [1.29, 1.82) is 0 Å². The second-order valence-corrected chi connectivity index (χ2v) is 5.02. The summed E-state index contributed by atoms with van der Waals surface area (Å²) in [7, 11) is 0. The van der Waals surface area contributed by atoms with E-state index in [2.05, 4.69) is 10.3 Å². The summed E-state index contributed by atoms with van der Waals surface area (Å²) >= 11 is 0. The molecule has 0 fully saturated rings. The van der Waals surface area contributed by atoms with E-state index in [1.165, 1.54) is 4.68 Å². The van der Waals surface area contributed by atoms with Crippen molar-refractivity contribution in [2.75, 3.05) is 0 Å². The number of rotatable bonds is 3. The monoisotopic (exact) mass is 281 g/mol. The highest BCUT2D eigenvalue weighted by atomic mass is 16.3. The third kappa shape index (κ3) is 2.68. The van der Waals surface area contributed by atoms with Crippen molar-refractivity contribution in [1.82, 2.24) is 15.0 Å². The van der Waals surface area contributed by atoms with Gasteiger partial charge in [0.1, 0.15) is 5.52 Å². The smallest absolute Gasteiger partial charge is 0.277 e. The second-order valence-electron chi connectivity index (χ2n) is 5.02. The Kier molecular flexibility index (Phi) is 3.50. The zero-order valence-corrected chi connectivity index (χ0v) is 11.6. The van der Waals surface area contributed by atoms with Crippen LogP contribution in [-0.4, -0.2) is 20.1 Å². The summed E-state index contributed by atoms with van der Waals surface area (Å²) in [5.41, 5.74) is 2.19. The maximum absolute atomic E-state index is 12.3. The van der Waals surface area contributed by atoms with E-state index >= 15 is 0 Å². The van der Waals surface area contributed by atoms with Crippen molar-refractivity contribution in [3.8, 4) is 0 Å². The lowest BCUT2D eigenvalue weighted by Gasteiger charge is -2.12. The van der Waals surface area contributed by atoms with Gasteiger partial charge in [-0.2, -0.15) is 0 Å². The summed E-state index contributed by atoms with van der Waals surface area (Å²) in [6.07, 6.45) is -0.793. The summed E-state index contributed by atoms with van der Waals surface area (Å²) in [5.74, 6) is 0. The van der Waals surface area contributed by atoms with Crippen LogP contribution >= 0.6 is 0 Å². The lowest BCUT2D eigenvalue weighted by molar-refractivity contribution is 0.148. The molecular weight excluding hydrogens is 266 g/mol. The minimum absolute atomic E-state index is 0.0831. The predicted octanol–water partition coefficient (Wildman–Crippen LogP) is 1.83. The Morgan fingerprint density at radius 1 is 1.14 bits per heavy atom. The SMILES string of the molecule is Cc1ccc(C(O)Cn2nnc3ccccc3c2=O)cc1. The Bertz CT molecular complexity index is 825. The molecule has 1 heterocycles. The van der Waals surface area contributed by atoms with E-state index in [-0.39, 0.29) is 12.1 Å². The largest absolute Gasteiger partial charge is 0.386 e. The molecule has 1 N–H and O–H groups in total. The summed E-state index contributed by atoms with van der Waals surface area (Å²) in [6.45, 7) is 2.06. The molecule has 0 aliphatic rings. The molecule has 1 aromatic heterocycles. The Morgan fingerprint density at radius 3 is 2.62 bits per heavy atom. The van der Waals surface area contributed by atoms with Crippen molar-refractivity contribution >= 4 is 10.9 Å². The predicted molar refractivity (Wildman–Crippen MR) is 79.9 cm³/mol. The quantitative estimate of drug-likeness (QED) is 0.795. The molecular formula is C16H15N3O2. The highest BCUT2D eigenvalue weighted by Gasteiger charge is 2.12. The molecule has 5 heteroatoms. The molecule has 3 rings (SSSR count). The Labute approximate surface area is 121 Å². The molecule has 2 aromatic carbocycles. The van der Waals surface area contributed by atoms with Crippen LogP contribution in [0.3, 0.4) is 0 Å². The van der Waals surface area contributed by atoms with Crippen LogP contribution in [0.25, 0.3) is 10.9 Å². The van der Waals surface area contributed by atoms with Gasteiger partial charge in [-0.3, -0.25) is 4.79 Å². The summed E-state index contributed by atoms with van der Waals surface area (Å²) in [6, 6.07) is 14.6. The summed E-state index contributed by atoms with van der Waals surface area (Å²) in [5, 5.41) is 18.6. The molecule has 0 radical (unpaired) electrons. The number of hydrogen-bond acceptors (Lipinski definition) is 4. The molecule has 21 heavy (non-hydrogen) atoms. The zero-order valence-electron chi connectivity index (χ0n) is 11.6. The standard InChI is InChI=1S/C16H15N3O2/c1-11-6-8-12(9-7-11)15(20)10-19-16(21)13-4-2-3-5-14(13)17-18-19/h2-9,15,20H,10H2,1H3. The van der Waals surface area contributed by atoms with Crippen molar-refractivity contribution < 1.29 is 5.11 Å². The van der Waals surface area contributed by atoms with Gasteiger partial charge in [0.2, 0.25) is 0 Å². The molecule has 0 saturated heterocycles. The van der Waals surface area contributed by atoms with E-state index in [0.29, 0.717) is 10.9 Å². The highest BCUT2D eigenvalue weighted by molar-refractivity contribution is 5.76. The minimum atomic E-state index is -0.793. The van der Waals surface area contributed by atoms with Crippen molar-refractivity contribution in [2.45, 2.75) is 19.6 Å². The van der Waals surface area contributed by atoms with Crippen LogP contribution in [0.15, 0.2) is 53.3 Å². The Hall–Kier alpha value is -2.53. The first-order valence-electron chi connectivity index (χ1n) is 6.72. The van der Waals surface area contributed by atoms with Crippen LogP contribution in [0.2, 0.25) is 0 Å². The number of aliphatic hydroxyl groups excluding tert-OH is 1. The lowest BCUT2D eigenvalue weighted by Crippen LogP contribution is -2.27. The van der Waals surface area contributed by atoms with Gasteiger partial charge in [0.25, 0.3) is 5.56 Å². The van der Waals surface area contributed by atoms with Crippen LogP contribution in [-0.2, 0) is 6.54 Å². The maximum atomic E-state index is 12.3. The molecule has 5 nitrogen and oxygen atoms in total. The van der Waals surface area contributed by atoms with Crippen molar-refractivity contribution in [2.24, 2.45) is 0 Å². The van der Waals surface area contributed by atoms with E-state index < -0.39 is 6.10 Å². The first-order valence-corrected chi connectivity index (χ1v) is 6.72. The number of aromatic nitrogens is 3. The van der Waals surface area contributed by atoms with E-state index in [1.54, 1.807) is 18.2 Å². The van der Waals surface area contributed by atoms with Gasteiger partial charge in [-0.15, -0.1) is 5.10 Å². The third-order valence-corrected chi connectivity index (χ3v) is 3.44. The Balaban J connectivity index is 1.93. The number of hydrogen-bond donors (Lipinski definition) is 1. The number of fused-ring (bicyclic) bond motifs is 1. The number of benzene rings is 2.